The van der Waals surface area contributed by atoms with Crippen LogP contribution < -0.4 is 10.1 Å². The van der Waals surface area contributed by atoms with Crippen molar-refractivity contribution in [2.75, 3.05) is 12.4 Å². The van der Waals surface area contributed by atoms with E-state index >= 15 is 0 Å². The lowest BCUT2D eigenvalue weighted by Gasteiger charge is -2.36. The fraction of sp³-hybridized carbons (Fsp3) is 0.381. The lowest BCUT2D eigenvalue weighted by molar-refractivity contribution is -0.124. The van der Waals surface area contributed by atoms with Gasteiger partial charge < -0.3 is 10.1 Å². The first-order valence-corrected chi connectivity index (χ1v) is 9.07. The molecule has 1 saturated carbocycles. The summed E-state index contributed by atoms with van der Waals surface area (Å²) < 4.78 is 5.35. The Balaban J connectivity index is 1.86. The summed E-state index contributed by atoms with van der Waals surface area (Å²) in [5.74, 6) is 0.394. The van der Waals surface area contributed by atoms with Gasteiger partial charge in [0.1, 0.15) is 17.9 Å². The molecule has 1 heterocycles. The highest BCUT2D eigenvalue weighted by Crippen LogP contribution is 2.67. The molecule has 28 heavy (non-hydrogen) atoms. The molecular weight excluding hydrogens is 354 g/mol. The summed E-state index contributed by atoms with van der Waals surface area (Å²) in [5.41, 5.74) is 0.402. The molecule has 0 saturated heterocycles. The molecule has 0 aliphatic heterocycles. The van der Waals surface area contributed by atoms with Crippen LogP contribution in [0, 0.1) is 28.1 Å². The second-order valence-electron chi connectivity index (χ2n) is 7.75. The van der Waals surface area contributed by atoms with Gasteiger partial charge >= 0.3 is 0 Å². The van der Waals surface area contributed by atoms with E-state index < -0.39 is 10.8 Å². The summed E-state index contributed by atoms with van der Waals surface area (Å²) in [6.07, 6.45) is 1.40. The quantitative estimate of drug-likeness (QED) is 0.885. The average molecular weight is 373 g/mol. The van der Waals surface area contributed by atoms with Crippen molar-refractivity contribution in [2.45, 2.75) is 38.0 Å². The fourth-order valence-corrected chi connectivity index (χ4v) is 4.90. The number of carbonyl (C=O) groups excluding carboxylic acids is 1. The number of methoxy groups -OCH3 is 1. The normalized spacial score (nSPS) is 23.4. The molecule has 2 aliphatic rings. The number of nitriles is 2. The zero-order valence-corrected chi connectivity index (χ0v) is 15.9. The van der Waals surface area contributed by atoms with Crippen molar-refractivity contribution in [3.63, 3.8) is 0 Å². The smallest absolute Gasteiger partial charge is 0.237 e. The Kier molecular flexibility index (Phi) is 3.87. The van der Waals surface area contributed by atoms with Crippen molar-refractivity contribution >= 4 is 11.6 Å². The van der Waals surface area contributed by atoms with E-state index in [0.717, 1.165) is 6.42 Å². The second-order valence-corrected chi connectivity index (χ2v) is 7.75. The van der Waals surface area contributed by atoms with E-state index in [1.165, 1.54) is 0 Å². The molecule has 0 radical (unpaired) electrons. The van der Waals surface area contributed by atoms with Crippen LogP contribution in [-0.2, 0) is 10.2 Å². The predicted octanol–water partition coefficient (Wildman–Crippen LogP) is 3.02. The van der Waals surface area contributed by atoms with Crippen LogP contribution >= 0.6 is 0 Å². The van der Waals surface area contributed by atoms with Gasteiger partial charge in [-0.3, -0.25) is 4.79 Å². The highest BCUT2D eigenvalue weighted by molar-refractivity contribution is 6.02. The number of nitrogens with one attached hydrogen (secondary N) is 1. The van der Waals surface area contributed by atoms with Gasteiger partial charge in [0, 0.05) is 5.92 Å². The molecule has 140 valence electrons. The Morgan fingerprint density at radius 2 is 1.89 bits per heavy atom. The van der Waals surface area contributed by atoms with E-state index in [2.05, 4.69) is 15.3 Å². The number of anilines is 1. The van der Waals surface area contributed by atoms with Crippen LogP contribution in [0.15, 0.2) is 24.3 Å². The minimum atomic E-state index is -0.916. The Bertz CT molecular complexity index is 1080. The van der Waals surface area contributed by atoms with Gasteiger partial charge in [0.2, 0.25) is 5.91 Å². The summed E-state index contributed by atoms with van der Waals surface area (Å²) in [5, 5.41) is 21.7. The van der Waals surface area contributed by atoms with Crippen LogP contribution in [0.1, 0.15) is 55.4 Å². The standard InChI is InChI=1S/C21H19N5O2/c1-20(2)12-8-9-21(20,18-17(12)24-14(10-22)15(11-23)25-18)19(27)26-13-6-4-5-7-16(13)28-3/h4-7,12H,8-9H2,1-3H3,(H,26,27). The number of amides is 1. The van der Waals surface area contributed by atoms with Gasteiger partial charge in [0.15, 0.2) is 11.4 Å². The van der Waals surface area contributed by atoms with Gasteiger partial charge in [-0.1, -0.05) is 26.0 Å². The van der Waals surface area contributed by atoms with Crippen LogP contribution in [-0.4, -0.2) is 23.0 Å². The van der Waals surface area contributed by atoms with Crippen molar-refractivity contribution in [1.82, 2.24) is 9.97 Å². The number of aromatic nitrogens is 2. The fourth-order valence-electron chi connectivity index (χ4n) is 4.90. The lowest BCUT2D eigenvalue weighted by Crippen LogP contribution is -2.46. The summed E-state index contributed by atoms with van der Waals surface area (Å²) in [7, 11) is 1.55. The minimum absolute atomic E-state index is 0.0123. The summed E-state index contributed by atoms with van der Waals surface area (Å²) in [4.78, 5) is 22.5. The van der Waals surface area contributed by atoms with E-state index in [0.29, 0.717) is 29.2 Å². The van der Waals surface area contributed by atoms with Gasteiger partial charge in [0.25, 0.3) is 0 Å². The molecular formula is C21H19N5O2. The molecule has 7 heteroatoms. The van der Waals surface area contributed by atoms with Crippen molar-refractivity contribution in [2.24, 2.45) is 5.41 Å². The molecule has 1 aromatic heterocycles. The number of para-hydroxylation sites is 2. The first-order valence-electron chi connectivity index (χ1n) is 9.07. The van der Waals surface area contributed by atoms with Crippen LogP contribution in [0.3, 0.4) is 0 Å². The van der Waals surface area contributed by atoms with Crippen molar-refractivity contribution in [3.05, 3.63) is 47.0 Å². The third kappa shape index (κ3) is 2.10. The van der Waals surface area contributed by atoms with Crippen LogP contribution in [0.4, 0.5) is 5.69 Å². The maximum absolute atomic E-state index is 13.6. The molecule has 1 fully saturated rings. The molecule has 7 nitrogen and oxygen atoms in total. The number of ether oxygens (including phenoxy) is 1. The number of carbonyl (C=O) groups is 1. The van der Waals surface area contributed by atoms with Crippen LogP contribution in [0.5, 0.6) is 5.75 Å². The molecule has 1 amide bonds. The van der Waals surface area contributed by atoms with E-state index in [-0.39, 0.29) is 23.2 Å². The minimum Gasteiger partial charge on any atom is -0.495 e. The monoisotopic (exact) mass is 373 g/mol. The Labute approximate surface area is 163 Å². The second kappa shape index (κ2) is 6.03. The van der Waals surface area contributed by atoms with Gasteiger partial charge in [-0.2, -0.15) is 10.5 Å². The largest absolute Gasteiger partial charge is 0.495 e. The molecule has 2 atom stereocenters. The van der Waals surface area contributed by atoms with Gasteiger partial charge in [-0.15, -0.1) is 0 Å². The third-order valence-electron chi connectivity index (χ3n) is 6.39. The summed E-state index contributed by atoms with van der Waals surface area (Å²) >= 11 is 0. The summed E-state index contributed by atoms with van der Waals surface area (Å²) in [6.45, 7) is 4.07. The Morgan fingerprint density at radius 1 is 1.21 bits per heavy atom. The number of hydrogen-bond donors (Lipinski definition) is 1. The molecule has 1 N–H and O–H groups in total. The van der Waals surface area contributed by atoms with Gasteiger partial charge in [0.05, 0.1) is 29.6 Å². The molecule has 0 spiro atoms. The zero-order chi connectivity index (χ0) is 20.1. The van der Waals surface area contributed by atoms with Gasteiger partial charge in [-0.25, -0.2) is 9.97 Å². The van der Waals surface area contributed by atoms with E-state index in [9.17, 15) is 15.3 Å². The van der Waals surface area contributed by atoms with E-state index in [1.807, 2.05) is 38.1 Å². The average Bonchev–Trinajstić information content (AvgIpc) is 3.08. The number of nitrogens with zero attached hydrogens (tertiary/aromatic N) is 4. The Hall–Kier alpha value is -3.45. The van der Waals surface area contributed by atoms with Gasteiger partial charge in [-0.05, 0) is 30.4 Å². The molecule has 2 aromatic rings. The van der Waals surface area contributed by atoms with Crippen molar-refractivity contribution < 1.29 is 9.53 Å². The summed E-state index contributed by atoms with van der Waals surface area (Å²) in [6, 6.07) is 11.1. The predicted molar refractivity (Wildman–Crippen MR) is 101 cm³/mol. The molecule has 2 unspecified atom stereocenters. The molecule has 1 aromatic carbocycles. The van der Waals surface area contributed by atoms with Crippen molar-refractivity contribution in [3.8, 4) is 17.9 Å². The Morgan fingerprint density at radius 3 is 2.57 bits per heavy atom. The zero-order valence-electron chi connectivity index (χ0n) is 15.9. The van der Waals surface area contributed by atoms with Crippen molar-refractivity contribution in [1.29, 1.82) is 10.5 Å². The first kappa shape index (κ1) is 17.9. The highest BCUT2D eigenvalue weighted by atomic mass is 16.5. The number of hydrogen-bond acceptors (Lipinski definition) is 6. The topological polar surface area (TPSA) is 112 Å². The third-order valence-corrected chi connectivity index (χ3v) is 6.39. The lowest BCUT2D eigenvalue weighted by atomic mass is 9.67. The van der Waals surface area contributed by atoms with Crippen LogP contribution in [0.2, 0.25) is 0 Å². The first-order chi connectivity index (χ1) is 13.4. The van der Waals surface area contributed by atoms with Crippen LogP contribution in [0.25, 0.3) is 0 Å². The number of fused-ring (bicyclic) bond motifs is 5. The van der Waals surface area contributed by atoms with E-state index in [4.69, 9.17) is 4.74 Å². The highest BCUT2D eigenvalue weighted by Gasteiger charge is 2.68. The molecule has 4 rings (SSSR count). The number of benzene rings is 1. The molecule has 2 bridgehead atoms. The maximum Gasteiger partial charge on any atom is 0.237 e. The maximum atomic E-state index is 13.6. The number of rotatable bonds is 3. The molecule has 2 aliphatic carbocycles. The SMILES string of the molecule is COc1ccccc1NC(=O)C12CCC(c3nc(C#N)c(C#N)nc31)C2(C)C. The van der Waals surface area contributed by atoms with E-state index in [1.54, 1.807) is 19.2 Å².